The number of ether oxygens (including phenoxy) is 1. The number of nitrogens with zero attached hydrogens (tertiary/aromatic N) is 4. The molecule has 0 bridgehead atoms. The molecule has 7 nitrogen and oxygen atoms in total. The van der Waals surface area contributed by atoms with Gasteiger partial charge in [-0.15, -0.1) is 0 Å². The van der Waals surface area contributed by atoms with E-state index < -0.39 is 0 Å². The predicted octanol–water partition coefficient (Wildman–Crippen LogP) is 1.65. The van der Waals surface area contributed by atoms with Crippen molar-refractivity contribution in [3.63, 3.8) is 0 Å². The van der Waals surface area contributed by atoms with Gasteiger partial charge in [-0.1, -0.05) is 6.42 Å². The molecule has 2 aromatic rings. The quantitative estimate of drug-likeness (QED) is 0.871. The summed E-state index contributed by atoms with van der Waals surface area (Å²) in [7, 11) is 2.16. The maximum absolute atomic E-state index is 5.97. The molecule has 1 aliphatic heterocycles. The van der Waals surface area contributed by atoms with Crippen LogP contribution in [0.25, 0.3) is 11.2 Å². The Morgan fingerprint density at radius 2 is 2.33 bits per heavy atom. The van der Waals surface area contributed by atoms with Crippen LogP contribution in [0.15, 0.2) is 6.33 Å². The monoisotopic (exact) mass is 290 g/mol. The Labute approximate surface area is 124 Å². The molecule has 1 unspecified atom stereocenters. The van der Waals surface area contributed by atoms with Crippen molar-refractivity contribution in [1.29, 1.82) is 0 Å². The third-order valence-corrected chi connectivity index (χ3v) is 3.92. The Balaban J connectivity index is 1.77. The second-order valence-corrected chi connectivity index (χ2v) is 5.43. The van der Waals surface area contributed by atoms with Gasteiger partial charge in [0.1, 0.15) is 12.1 Å². The van der Waals surface area contributed by atoms with E-state index in [4.69, 9.17) is 4.74 Å². The molecule has 0 spiro atoms. The lowest BCUT2D eigenvalue weighted by Crippen LogP contribution is -2.40. The van der Waals surface area contributed by atoms with Crippen LogP contribution in [0.4, 0.5) is 5.95 Å². The minimum absolute atomic E-state index is 0.453. The van der Waals surface area contributed by atoms with Crippen LogP contribution in [0.1, 0.15) is 26.2 Å². The number of imidazole rings is 1. The maximum Gasteiger partial charge on any atom is 0.245 e. The van der Waals surface area contributed by atoms with Gasteiger partial charge in [0.15, 0.2) is 5.65 Å². The number of anilines is 1. The van der Waals surface area contributed by atoms with Gasteiger partial charge in [0.25, 0.3) is 0 Å². The van der Waals surface area contributed by atoms with Crippen molar-refractivity contribution >= 4 is 17.1 Å². The Morgan fingerprint density at radius 1 is 1.43 bits per heavy atom. The highest BCUT2D eigenvalue weighted by Gasteiger charge is 2.20. The molecule has 2 N–H and O–H groups in total. The predicted molar refractivity (Wildman–Crippen MR) is 81.6 cm³/mol. The molecule has 1 saturated heterocycles. The number of fused-ring (bicyclic) bond motifs is 1. The normalized spacial score (nSPS) is 19.8. The fraction of sp³-hybridized carbons (Fsp3) is 0.643. The summed E-state index contributed by atoms with van der Waals surface area (Å²) < 4.78 is 5.97. The maximum atomic E-state index is 5.97. The van der Waals surface area contributed by atoms with Crippen LogP contribution in [0, 0.1) is 0 Å². The highest BCUT2D eigenvalue weighted by atomic mass is 16.5. The molecule has 0 saturated carbocycles. The average Bonchev–Trinajstić information content (AvgIpc) is 2.95. The van der Waals surface area contributed by atoms with Crippen LogP contribution in [-0.2, 0) is 0 Å². The van der Waals surface area contributed by atoms with E-state index in [9.17, 15) is 0 Å². The summed E-state index contributed by atoms with van der Waals surface area (Å²) in [4.78, 5) is 18.4. The Hall–Kier alpha value is -1.89. The first-order chi connectivity index (χ1) is 10.3. The lowest BCUT2D eigenvalue weighted by atomic mass is 10.0. The summed E-state index contributed by atoms with van der Waals surface area (Å²) >= 11 is 0. The molecule has 0 aromatic carbocycles. The Kier molecular flexibility index (Phi) is 4.19. The smallest absolute Gasteiger partial charge is 0.245 e. The van der Waals surface area contributed by atoms with E-state index in [0.29, 0.717) is 30.1 Å². The SMILES string of the molecule is CCNc1nc(OCC2CCCCN2C)c2[nH]cnc2n1. The minimum atomic E-state index is 0.453. The largest absolute Gasteiger partial charge is 0.474 e. The zero-order valence-corrected chi connectivity index (χ0v) is 12.6. The summed E-state index contributed by atoms with van der Waals surface area (Å²) in [5, 5.41) is 3.11. The molecule has 114 valence electrons. The first kappa shape index (κ1) is 14.1. The van der Waals surface area contributed by atoms with Crippen LogP contribution < -0.4 is 10.1 Å². The van der Waals surface area contributed by atoms with E-state index in [1.807, 2.05) is 6.92 Å². The van der Waals surface area contributed by atoms with E-state index in [0.717, 1.165) is 18.6 Å². The standard InChI is InChI=1S/C14H22N6O/c1-3-15-14-18-12-11(16-9-17-12)13(19-14)21-8-10-6-4-5-7-20(10)2/h9-10H,3-8H2,1-2H3,(H2,15,16,17,18,19). The number of likely N-dealkylation sites (N-methyl/N-ethyl adjacent to an activating group) is 1. The number of aromatic nitrogens is 4. The van der Waals surface area contributed by atoms with Crippen LogP contribution in [-0.4, -0.2) is 57.6 Å². The zero-order valence-electron chi connectivity index (χ0n) is 12.6. The van der Waals surface area contributed by atoms with E-state index in [-0.39, 0.29) is 0 Å². The second kappa shape index (κ2) is 6.26. The molecule has 0 aliphatic carbocycles. The summed E-state index contributed by atoms with van der Waals surface area (Å²) in [5.74, 6) is 1.14. The van der Waals surface area contributed by atoms with E-state index in [1.165, 1.54) is 19.3 Å². The third kappa shape index (κ3) is 3.07. The first-order valence-electron chi connectivity index (χ1n) is 7.56. The summed E-state index contributed by atoms with van der Waals surface area (Å²) in [5.41, 5.74) is 1.39. The molecule has 1 fully saturated rings. The van der Waals surface area contributed by atoms with Crippen LogP contribution in [0.2, 0.25) is 0 Å². The summed E-state index contributed by atoms with van der Waals surface area (Å²) in [6.07, 6.45) is 5.34. The van der Waals surface area contributed by atoms with Gasteiger partial charge in [-0.2, -0.15) is 9.97 Å². The van der Waals surface area contributed by atoms with Gasteiger partial charge in [-0.05, 0) is 33.4 Å². The van der Waals surface area contributed by atoms with E-state index >= 15 is 0 Å². The fourth-order valence-electron chi connectivity index (χ4n) is 2.68. The number of likely N-dealkylation sites (tertiary alicyclic amines) is 1. The molecule has 3 heterocycles. The van der Waals surface area contributed by atoms with Crippen molar-refractivity contribution in [3.8, 4) is 5.88 Å². The summed E-state index contributed by atoms with van der Waals surface area (Å²) in [6.45, 7) is 4.56. The van der Waals surface area contributed by atoms with Crippen molar-refractivity contribution in [2.45, 2.75) is 32.2 Å². The van der Waals surface area contributed by atoms with Crippen molar-refractivity contribution in [3.05, 3.63) is 6.33 Å². The van der Waals surface area contributed by atoms with Crippen molar-refractivity contribution in [2.75, 3.05) is 32.1 Å². The van der Waals surface area contributed by atoms with Gasteiger partial charge in [0.2, 0.25) is 11.8 Å². The van der Waals surface area contributed by atoms with Gasteiger partial charge < -0.3 is 19.9 Å². The minimum Gasteiger partial charge on any atom is -0.474 e. The van der Waals surface area contributed by atoms with Gasteiger partial charge in [-0.25, -0.2) is 4.98 Å². The van der Waals surface area contributed by atoms with Crippen LogP contribution >= 0.6 is 0 Å². The molecular formula is C14H22N6O. The van der Waals surface area contributed by atoms with E-state index in [1.54, 1.807) is 6.33 Å². The fourth-order valence-corrected chi connectivity index (χ4v) is 2.68. The number of aromatic amines is 1. The highest BCUT2D eigenvalue weighted by molar-refractivity contribution is 5.76. The van der Waals surface area contributed by atoms with Gasteiger partial charge >= 0.3 is 0 Å². The number of piperidine rings is 1. The van der Waals surface area contributed by atoms with Crippen molar-refractivity contribution < 1.29 is 4.74 Å². The molecule has 2 aromatic heterocycles. The lowest BCUT2D eigenvalue weighted by Gasteiger charge is -2.31. The summed E-state index contributed by atoms with van der Waals surface area (Å²) in [6, 6.07) is 0.453. The third-order valence-electron chi connectivity index (χ3n) is 3.92. The molecule has 1 atom stereocenters. The van der Waals surface area contributed by atoms with E-state index in [2.05, 4.69) is 37.2 Å². The molecule has 1 aliphatic rings. The number of nitrogens with one attached hydrogen (secondary N) is 2. The molecule has 0 amide bonds. The Bertz CT molecular complexity index is 598. The topological polar surface area (TPSA) is 79.0 Å². The molecule has 0 radical (unpaired) electrons. The van der Waals surface area contributed by atoms with Crippen LogP contribution in [0.3, 0.4) is 0 Å². The molecule has 7 heteroatoms. The van der Waals surface area contributed by atoms with Gasteiger partial charge in [0.05, 0.1) is 6.33 Å². The first-order valence-corrected chi connectivity index (χ1v) is 7.56. The van der Waals surface area contributed by atoms with Crippen LogP contribution in [0.5, 0.6) is 5.88 Å². The second-order valence-electron chi connectivity index (χ2n) is 5.43. The zero-order chi connectivity index (χ0) is 14.7. The van der Waals surface area contributed by atoms with Gasteiger partial charge in [0, 0.05) is 12.6 Å². The van der Waals surface area contributed by atoms with Gasteiger partial charge in [-0.3, -0.25) is 0 Å². The van der Waals surface area contributed by atoms with Crippen molar-refractivity contribution in [1.82, 2.24) is 24.8 Å². The Morgan fingerprint density at radius 3 is 3.14 bits per heavy atom. The molecule has 3 rings (SSSR count). The number of hydrogen-bond donors (Lipinski definition) is 2. The highest BCUT2D eigenvalue weighted by Crippen LogP contribution is 2.22. The number of hydrogen-bond acceptors (Lipinski definition) is 6. The van der Waals surface area contributed by atoms with Crippen molar-refractivity contribution in [2.24, 2.45) is 0 Å². The molecule has 21 heavy (non-hydrogen) atoms. The molecular weight excluding hydrogens is 268 g/mol. The lowest BCUT2D eigenvalue weighted by molar-refractivity contribution is 0.123. The number of H-pyrrole nitrogens is 1. The number of rotatable bonds is 5. The average molecular weight is 290 g/mol.